The topological polar surface area (TPSA) is 62.6 Å². The normalized spacial score (nSPS) is 12.8. The summed E-state index contributed by atoms with van der Waals surface area (Å²) in [5.41, 5.74) is 0. The van der Waals surface area contributed by atoms with Gasteiger partial charge in [-0.2, -0.15) is 4.31 Å². The lowest BCUT2D eigenvalue weighted by Crippen LogP contribution is -2.37. The zero-order valence-electron chi connectivity index (χ0n) is 13.7. The zero-order valence-corrected chi connectivity index (χ0v) is 14.5. The molecule has 122 valence electrons. The van der Waals surface area contributed by atoms with Gasteiger partial charge in [0.25, 0.3) is 10.0 Å². The van der Waals surface area contributed by atoms with Crippen molar-refractivity contribution in [2.24, 2.45) is 5.92 Å². The molecule has 6 heteroatoms. The smallest absolute Gasteiger partial charge is 0.276 e. The SMILES string of the molecule is CCCN(C(C)C)S(=O)(=O)c1ccc(CNCC(C)C)o1. The monoisotopic (exact) mass is 316 g/mol. The van der Waals surface area contributed by atoms with Gasteiger partial charge in [-0.25, -0.2) is 8.42 Å². The lowest BCUT2D eigenvalue weighted by molar-refractivity contribution is 0.329. The van der Waals surface area contributed by atoms with Crippen molar-refractivity contribution in [2.45, 2.75) is 58.7 Å². The molecule has 0 radical (unpaired) electrons. The van der Waals surface area contributed by atoms with E-state index in [-0.39, 0.29) is 11.1 Å². The highest BCUT2D eigenvalue weighted by Gasteiger charge is 2.29. The van der Waals surface area contributed by atoms with Gasteiger partial charge in [0.05, 0.1) is 6.54 Å². The number of hydrogen-bond donors (Lipinski definition) is 1. The minimum atomic E-state index is -3.54. The molecular weight excluding hydrogens is 288 g/mol. The summed E-state index contributed by atoms with van der Waals surface area (Å²) in [5, 5.41) is 3.27. The first-order valence-corrected chi connectivity index (χ1v) is 9.04. The highest BCUT2D eigenvalue weighted by atomic mass is 32.2. The molecule has 1 heterocycles. The van der Waals surface area contributed by atoms with E-state index in [0.717, 1.165) is 13.0 Å². The molecule has 0 spiro atoms. The third-order valence-electron chi connectivity index (χ3n) is 3.07. The van der Waals surface area contributed by atoms with Crippen molar-refractivity contribution >= 4 is 10.0 Å². The molecule has 0 amide bonds. The summed E-state index contributed by atoms with van der Waals surface area (Å²) < 4.78 is 32.1. The molecule has 1 N–H and O–H groups in total. The van der Waals surface area contributed by atoms with E-state index in [1.807, 2.05) is 20.8 Å². The third-order valence-corrected chi connectivity index (χ3v) is 5.02. The molecule has 1 rings (SSSR count). The molecule has 0 atom stereocenters. The second-order valence-electron chi connectivity index (χ2n) is 5.95. The highest BCUT2D eigenvalue weighted by molar-refractivity contribution is 7.89. The van der Waals surface area contributed by atoms with Crippen LogP contribution in [0, 0.1) is 5.92 Å². The number of rotatable bonds is 9. The van der Waals surface area contributed by atoms with Gasteiger partial charge < -0.3 is 9.73 Å². The Hall–Kier alpha value is -0.850. The number of nitrogens with zero attached hydrogens (tertiary/aromatic N) is 1. The fourth-order valence-electron chi connectivity index (χ4n) is 2.07. The van der Waals surface area contributed by atoms with Crippen molar-refractivity contribution in [3.8, 4) is 0 Å². The number of nitrogens with one attached hydrogen (secondary N) is 1. The predicted molar refractivity (Wildman–Crippen MR) is 84.6 cm³/mol. The van der Waals surface area contributed by atoms with Crippen molar-refractivity contribution in [3.63, 3.8) is 0 Å². The Balaban J connectivity index is 2.82. The highest BCUT2D eigenvalue weighted by Crippen LogP contribution is 2.21. The molecule has 0 aliphatic rings. The second kappa shape index (κ2) is 7.96. The molecule has 0 aromatic carbocycles. The Kier molecular flexibility index (Phi) is 6.90. The Morgan fingerprint density at radius 2 is 1.90 bits per heavy atom. The van der Waals surface area contributed by atoms with Crippen LogP contribution in [-0.4, -0.2) is 31.9 Å². The van der Waals surface area contributed by atoms with E-state index in [4.69, 9.17) is 4.42 Å². The largest absolute Gasteiger partial charge is 0.447 e. The van der Waals surface area contributed by atoms with Gasteiger partial charge in [-0.1, -0.05) is 20.8 Å². The van der Waals surface area contributed by atoms with Crippen LogP contribution in [0.3, 0.4) is 0 Å². The molecule has 0 unspecified atom stereocenters. The molecule has 0 fully saturated rings. The third kappa shape index (κ3) is 5.13. The van der Waals surface area contributed by atoms with E-state index in [9.17, 15) is 8.42 Å². The van der Waals surface area contributed by atoms with E-state index in [2.05, 4.69) is 19.2 Å². The van der Waals surface area contributed by atoms with Crippen LogP contribution in [0.25, 0.3) is 0 Å². The fourth-order valence-corrected chi connectivity index (χ4v) is 3.73. The molecule has 0 saturated carbocycles. The second-order valence-corrected chi connectivity index (χ2v) is 7.78. The summed E-state index contributed by atoms with van der Waals surface area (Å²) in [6, 6.07) is 3.19. The van der Waals surface area contributed by atoms with Crippen LogP contribution in [0.1, 0.15) is 46.8 Å². The quantitative estimate of drug-likeness (QED) is 0.761. The lowest BCUT2D eigenvalue weighted by atomic mass is 10.2. The molecule has 0 aliphatic carbocycles. The van der Waals surface area contributed by atoms with Crippen LogP contribution in [0.4, 0.5) is 0 Å². The van der Waals surface area contributed by atoms with E-state index in [0.29, 0.717) is 24.8 Å². The molecule has 1 aromatic heterocycles. The Morgan fingerprint density at radius 1 is 1.24 bits per heavy atom. The summed E-state index contributed by atoms with van der Waals surface area (Å²) >= 11 is 0. The molecule has 1 aromatic rings. The maximum Gasteiger partial charge on any atom is 0.276 e. The van der Waals surface area contributed by atoms with Crippen LogP contribution < -0.4 is 5.32 Å². The van der Waals surface area contributed by atoms with Crippen molar-refractivity contribution in [1.82, 2.24) is 9.62 Å². The van der Waals surface area contributed by atoms with Crippen LogP contribution in [0.5, 0.6) is 0 Å². The van der Waals surface area contributed by atoms with Gasteiger partial charge in [0.2, 0.25) is 5.09 Å². The molecule has 5 nitrogen and oxygen atoms in total. The van der Waals surface area contributed by atoms with Crippen LogP contribution in [0.15, 0.2) is 21.6 Å². The van der Waals surface area contributed by atoms with Crippen LogP contribution >= 0.6 is 0 Å². The average Bonchev–Trinajstić information content (AvgIpc) is 2.84. The number of furan rings is 1. The van der Waals surface area contributed by atoms with Crippen molar-refractivity contribution in [3.05, 3.63) is 17.9 Å². The van der Waals surface area contributed by atoms with Crippen molar-refractivity contribution in [1.29, 1.82) is 0 Å². The average molecular weight is 316 g/mol. The van der Waals surface area contributed by atoms with Gasteiger partial charge in [-0.3, -0.25) is 0 Å². The summed E-state index contributed by atoms with van der Waals surface area (Å²) in [4.78, 5) is 0. The maximum atomic E-state index is 12.6. The molecule has 0 aliphatic heterocycles. The van der Waals surface area contributed by atoms with Crippen molar-refractivity contribution < 1.29 is 12.8 Å². The van der Waals surface area contributed by atoms with Gasteiger partial charge >= 0.3 is 0 Å². The van der Waals surface area contributed by atoms with Gasteiger partial charge in [-0.15, -0.1) is 0 Å². The van der Waals surface area contributed by atoms with Crippen molar-refractivity contribution in [2.75, 3.05) is 13.1 Å². The zero-order chi connectivity index (χ0) is 16.0. The first-order chi connectivity index (χ1) is 9.78. The molecule has 0 saturated heterocycles. The Bertz CT molecular complexity index is 521. The van der Waals surface area contributed by atoms with Gasteiger partial charge in [0, 0.05) is 12.6 Å². The minimum Gasteiger partial charge on any atom is -0.447 e. The molecule has 21 heavy (non-hydrogen) atoms. The van der Waals surface area contributed by atoms with Crippen LogP contribution in [-0.2, 0) is 16.6 Å². The van der Waals surface area contributed by atoms with E-state index < -0.39 is 10.0 Å². The summed E-state index contributed by atoms with van der Waals surface area (Å²) in [6.07, 6.45) is 0.779. The van der Waals surface area contributed by atoms with E-state index in [1.165, 1.54) is 4.31 Å². The molecular formula is C15H28N2O3S. The van der Waals surface area contributed by atoms with Gasteiger partial charge in [0.15, 0.2) is 0 Å². The summed E-state index contributed by atoms with van der Waals surface area (Å²) in [5.74, 6) is 1.19. The fraction of sp³-hybridized carbons (Fsp3) is 0.733. The Labute approximate surface area is 128 Å². The van der Waals surface area contributed by atoms with Gasteiger partial charge in [0.1, 0.15) is 5.76 Å². The predicted octanol–water partition coefficient (Wildman–Crippen LogP) is 2.83. The number of hydrogen-bond acceptors (Lipinski definition) is 4. The first kappa shape index (κ1) is 18.2. The first-order valence-electron chi connectivity index (χ1n) is 7.60. The van der Waals surface area contributed by atoms with E-state index >= 15 is 0 Å². The summed E-state index contributed by atoms with van der Waals surface area (Å²) in [7, 11) is -3.54. The maximum absolute atomic E-state index is 12.6. The Morgan fingerprint density at radius 3 is 2.43 bits per heavy atom. The van der Waals surface area contributed by atoms with E-state index in [1.54, 1.807) is 12.1 Å². The molecule has 0 bridgehead atoms. The van der Waals surface area contributed by atoms with Gasteiger partial charge in [-0.05, 0) is 44.9 Å². The summed E-state index contributed by atoms with van der Waals surface area (Å²) in [6.45, 7) is 11.9. The van der Waals surface area contributed by atoms with Crippen LogP contribution in [0.2, 0.25) is 0 Å². The lowest BCUT2D eigenvalue weighted by Gasteiger charge is -2.23. The minimum absolute atomic E-state index is 0.0333. The standard InChI is InChI=1S/C15H28N2O3S/c1-6-9-17(13(4)5)21(18,19)15-8-7-14(20-15)11-16-10-12(2)3/h7-8,12-13,16H,6,9-11H2,1-5H3. The number of sulfonamides is 1.